The van der Waals surface area contributed by atoms with Crippen molar-refractivity contribution in [2.24, 2.45) is 5.41 Å². The summed E-state index contributed by atoms with van der Waals surface area (Å²) in [5, 5.41) is 9.59. The van der Waals surface area contributed by atoms with Crippen LogP contribution < -0.4 is 0 Å². The Bertz CT molecular complexity index is 239. The zero-order valence-corrected chi connectivity index (χ0v) is 12.8. The van der Waals surface area contributed by atoms with Crippen LogP contribution in [0.4, 0.5) is 0 Å². The van der Waals surface area contributed by atoms with Crippen LogP contribution in [0.25, 0.3) is 0 Å². The normalized spacial score (nSPS) is 21.9. The van der Waals surface area contributed by atoms with Crippen LogP contribution in [-0.2, 0) is 4.43 Å². The first-order valence-electron chi connectivity index (χ1n) is 6.41. The monoisotopic (exact) mass is 244 g/mol. The van der Waals surface area contributed by atoms with Crippen molar-refractivity contribution in [2.45, 2.75) is 71.2 Å². The molecule has 0 radical (unpaired) electrons. The number of hydrogen-bond acceptors (Lipinski definition) is 2. The van der Waals surface area contributed by atoms with Gasteiger partial charge in [0.2, 0.25) is 0 Å². The predicted octanol–water partition coefficient (Wildman–Crippen LogP) is 3.56. The minimum atomic E-state index is -1.63. The lowest BCUT2D eigenvalue weighted by atomic mass is 10.0. The van der Waals surface area contributed by atoms with Gasteiger partial charge in [0.05, 0.1) is 0 Å². The Morgan fingerprint density at radius 3 is 2.12 bits per heavy atom. The highest BCUT2D eigenvalue weighted by atomic mass is 28.4. The van der Waals surface area contributed by atoms with Crippen molar-refractivity contribution in [1.82, 2.24) is 0 Å². The van der Waals surface area contributed by atoms with Crippen LogP contribution in [0.2, 0.25) is 18.1 Å². The van der Waals surface area contributed by atoms with Gasteiger partial charge >= 0.3 is 0 Å². The highest BCUT2D eigenvalue weighted by molar-refractivity contribution is 6.74. The second kappa shape index (κ2) is 4.43. The van der Waals surface area contributed by atoms with E-state index in [1.54, 1.807) is 0 Å². The fourth-order valence-corrected chi connectivity index (χ4v) is 3.38. The van der Waals surface area contributed by atoms with Gasteiger partial charge in [-0.2, -0.15) is 0 Å². The van der Waals surface area contributed by atoms with Gasteiger partial charge in [-0.25, -0.2) is 0 Å². The molecule has 0 aromatic carbocycles. The lowest BCUT2D eigenvalue weighted by molar-refractivity contribution is 0.123. The van der Waals surface area contributed by atoms with Crippen LogP contribution in [0, 0.1) is 5.41 Å². The summed E-state index contributed by atoms with van der Waals surface area (Å²) < 4.78 is 6.31. The van der Waals surface area contributed by atoms with Gasteiger partial charge in [-0.3, -0.25) is 0 Å². The Morgan fingerprint density at radius 1 is 1.31 bits per heavy atom. The van der Waals surface area contributed by atoms with E-state index in [1.165, 1.54) is 12.8 Å². The van der Waals surface area contributed by atoms with Crippen LogP contribution in [0.15, 0.2) is 0 Å². The van der Waals surface area contributed by atoms with Crippen molar-refractivity contribution in [2.75, 3.05) is 6.61 Å². The van der Waals surface area contributed by atoms with E-state index in [1.807, 2.05) is 0 Å². The van der Waals surface area contributed by atoms with Crippen molar-refractivity contribution in [3.05, 3.63) is 0 Å². The Kier molecular flexibility index (Phi) is 3.93. The molecule has 1 N–H and O–H groups in total. The second-order valence-electron chi connectivity index (χ2n) is 7.05. The number of hydrogen-bond donors (Lipinski definition) is 1. The van der Waals surface area contributed by atoms with E-state index in [0.29, 0.717) is 6.61 Å². The van der Waals surface area contributed by atoms with E-state index in [0.717, 1.165) is 6.42 Å². The average Bonchev–Trinajstić information content (AvgIpc) is 2.82. The summed E-state index contributed by atoms with van der Waals surface area (Å²) in [4.78, 5) is 0. The summed E-state index contributed by atoms with van der Waals surface area (Å²) in [6.07, 6.45) is 3.66. The molecule has 1 atom stereocenters. The van der Waals surface area contributed by atoms with E-state index in [4.69, 9.17) is 4.43 Å². The van der Waals surface area contributed by atoms with Gasteiger partial charge in [-0.05, 0) is 49.7 Å². The molecule has 3 heteroatoms. The van der Waals surface area contributed by atoms with Gasteiger partial charge in [0.25, 0.3) is 0 Å². The standard InChI is InChI=1S/C13H28O2Si/c1-11(9-13(10-14)7-8-13)15-16(5,6)12(2,3)4/h11,14H,7-10H2,1-6H3/t11-/m1/s1. The maximum absolute atomic E-state index is 9.32. The van der Waals surface area contributed by atoms with Crippen LogP contribution >= 0.6 is 0 Å². The van der Waals surface area contributed by atoms with Gasteiger partial charge in [-0.1, -0.05) is 20.8 Å². The van der Waals surface area contributed by atoms with Crippen molar-refractivity contribution in [3.8, 4) is 0 Å². The fourth-order valence-electron chi connectivity index (χ4n) is 1.93. The lowest BCUT2D eigenvalue weighted by Crippen LogP contribution is -2.43. The Labute approximate surface area is 102 Å². The van der Waals surface area contributed by atoms with Crippen LogP contribution in [0.1, 0.15) is 47.0 Å². The van der Waals surface area contributed by atoms with Crippen LogP contribution in [0.5, 0.6) is 0 Å². The molecular weight excluding hydrogens is 216 g/mol. The third kappa shape index (κ3) is 3.31. The molecule has 0 heterocycles. The molecule has 16 heavy (non-hydrogen) atoms. The van der Waals surface area contributed by atoms with Gasteiger partial charge < -0.3 is 9.53 Å². The topological polar surface area (TPSA) is 29.5 Å². The van der Waals surface area contributed by atoms with Crippen molar-refractivity contribution in [3.63, 3.8) is 0 Å². The summed E-state index contributed by atoms with van der Waals surface area (Å²) >= 11 is 0. The zero-order valence-electron chi connectivity index (χ0n) is 11.8. The van der Waals surface area contributed by atoms with E-state index >= 15 is 0 Å². The summed E-state index contributed by atoms with van der Waals surface area (Å²) in [5.41, 5.74) is 0.210. The molecule has 2 nitrogen and oxygen atoms in total. The van der Waals surface area contributed by atoms with E-state index in [-0.39, 0.29) is 16.6 Å². The molecule has 0 saturated heterocycles. The van der Waals surface area contributed by atoms with Gasteiger partial charge in [0.1, 0.15) is 0 Å². The molecule has 0 aromatic heterocycles. The molecule has 1 aliphatic rings. The molecule has 1 saturated carbocycles. The van der Waals surface area contributed by atoms with Crippen LogP contribution in [0.3, 0.4) is 0 Å². The molecule has 0 aliphatic heterocycles. The Morgan fingerprint density at radius 2 is 1.81 bits per heavy atom. The number of rotatable bonds is 5. The zero-order chi connectivity index (χ0) is 12.6. The first-order valence-corrected chi connectivity index (χ1v) is 9.31. The molecular formula is C13H28O2Si. The molecule has 0 aromatic rings. The third-order valence-electron chi connectivity index (χ3n) is 4.31. The lowest BCUT2D eigenvalue weighted by Gasteiger charge is -2.39. The molecule has 0 bridgehead atoms. The predicted molar refractivity (Wildman–Crippen MR) is 71.1 cm³/mol. The highest BCUT2D eigenvalue weighted by Crippen LogP contribution is 2.50. The first kappa shape index (κ1) is 14.2. The van der Waals surface area contributed by atoms with Crippen molar-refractivity contribution in [1.29, 1.82) is 0 Å². The molecule has 1 rings (SSSR count). The minimum absolute atomic E-state index is 0.210. The molecule has 1 fully saturated rings. The average molecular weight is 244 g/mol. The quantitative estimate of drug-likeness (QED) is 0.749. The van der Waals surface area contributed by atoms with Crippen molar-refractivity contribution < 1.29 is 9.53 Å². The van der Waals surface area contributed by atoms with E-state index < -0.39 is 8.32 Å². The highest BCUT2D eigenvalue weighted by Gasteiger charge is 2.45. The number of aliphatic hydroxyl groups is 1. The summed E-state index contributed by atoms with van der Waals surface area (Å²) in [6.45, 7) is 13.9. The van der Waals surface area contributed by atoms with Gasteiger partial charge in [0, 0.05) is 12.7 Å². The van der Waals surface area contributed by atoms with Crippen LogP contribution in [-0.4, -0.2) is 26.1 Å². The van der Waals surface area contributed by atoms with E-state index in [2.05, 4.69) is 40.8 Å². The van der Waals surface area contributed by atoms with E-state index in [9.17, 15) is 5.11 Å². The SMILES string of the molecule is C[C@H](CC1(CO)CC1)O[Si](C)(C)C(C)(C)C. The maximum atomic E-state index is 9.32. The molecule has 0 spiro atoms. The maximum Gasteiger partial charge on any atom is 0.192 e. The van der Waals surface area contributed by atoms with Crippen molar-refractivity contribution >= 4 is 8.32 Å². The Balaban J connectivity index is 2.48. The van der Waals surface area contributed by atoms with Gasteiger partial charge in [-0.15, -0.1) is 0 Å². The van der Waals surface area contributed by atoms with Gasteiger partial charge in [0.15, 0.2) is 8.32 Å². The smallest absolute Gasteiger partial charge is 0.192 e. The summed E-state index contributed by atoms with van der Waals surface area (Å²) in [7, 11) is -1.63. The second-order valence-corrected chi connectivity index (χ2v) is 11.8. The Hall–Kier alpha value is 0.137. The first-order chi connectivity index (χ1) is 7.12. The molecule has 96 valence electrons. The third-order valence-corrected chi connectivity index (χ3v) is 8.92. The largest absolute Gasteiger partial charge is 0.414 e. The molecule has 0 unspecified atom stereocenters. The summed E-state index contributed by atoms with van der Waals surface area (Å²) in [5.74, 6) is 0. The number of aliphatic hydroxyl groups excluding tert-OH is 1. The molecule has 0 amide bonds. The molecule has 1 aliphatic carbocycles. The fraction of sp³-hybridized carbons (Fsp3) is 1.00. The minimum Gasteiger partial charge on any atom is -0.414 e. The summed E-state index contributed by atoms with van der Waals surface area (Å²) in [6, 6.07) is 0.